The van der Waals surface area contributed by atoms with Gasteiger partial charge in [0.25, 0.3) is 0 Å². The summed E-state index contributed by atoms with van der Waals surface area (Å²) in [5.41, 5.74) is 5.31. The number of aromatic nitrogens is 1. The van der Waals surface area contributed by atoms with Crippen molar-refractivity contribution in [1.29, 1.82) is 0 Å². The fourth-order valence-corrected chi connectivity index (χ4v) is 8.76. The van der Waals surface area contributed by atoms with Crippen LogP contribution in [0.15, 0.2) is 65.7 Å². The van der Waals surface area contributed by atoms with Gasteiger partial charge in [0, 0.05) is 42.1 Å². The average molecular weight is 496 g/mol. The summed E-state index contributed by atoms with van der Waals surface area (Å²) in [6.45, 7) is 14.1. The summed E-state index contributed by atoms with van der Waals surface area (Å²) >= 11 is 4.03. The molecule has 2 aromatic heterocycles. The maximum absolute atomic E-state index is 5.04. The van der Waals surface area contributed by atoms with Crippen molar-refractivity contribution >= 4 is 54.0 Å². The molecule has 3 heterocycles. The predicted molar refractivity (Wildman–Crippen MR) is 156 cm³/mol. The molecule has 0 saturated heterocycles. The van der Waals surface area contributed by atoms with E-state index in [4.69, 9.17) is 4.98 Å². The minimum Gasteiger partial charge on any atom is -0.256 e. The molecule has 0 aliphatic carbocycles. The SMILES string of the molecule is CC(C)CC1Sc2c(ccc3sc4ccnc(-c5cc(C(C)(C)C)c6ccccc6c5)c4c23)C1C. The van der Waals surface area contributed by atoms with E-state index < -0.39 is 0 Å². The molecule has 0 N–H and O–H groups in total. The van der Waals surface area contributed by atoms with E-state index in [1.54, 1.807) is 0 Å². The number of hydrogen-bond donors (Lipinski definition) is 0. The molecule has 1 nitrogen and oxygen atoms in total. The highest BCUT2D eigenvalue weighted by atomic mass is 32.2. The zero-order chi connectivity index (χ0) is 24.5. The van der Waals surface area contributed by atoms with E-state index >= 15 is 0 Å². The molecule has 1 aliphatic rings. The lowest BCUT2D eigenvalue weighted by atomic mass is 9.82. The number of thioether (sulfide) groups is 1. The number of hydrogen-bond acceptors (Lipinski definition) is 3. The van der Waals surface area contributed by atoms with Crippen molar-refractivity contribution in [1.82, 2.24) is 4.98 Å². The van der Waals surface area contributed by atoms with Crippen LogP contribution in [0, 0.1) is 5.92 Å². The van der Waals surface area contributed by atoms with Gasteiger partial charge in [0.2, 0.25) is 0 Å². The van der Waals surface area contributed by atoms with E-state index in [1.807, 2.05) is 17.5 Å². The van der Waals surface area contributed by atoms with Crippen LogP contribution in [-0.2, 0) is 5.41 Å². The second-order valence-electron chi connectivity index (χ2n) is 11.6. The molecular formula is C32H33NS2. The fraction of sp³-hybridized carbons (Fsp3) is 0.344. The van der Waals surface area contributed by atoms with Crippen LogP contribution in [0.4, 0.5) is 0 Å². The van der Waals surface area contributed by atoms with Gasteiger partial charge in [-0.3, -0.25) is 4.98 Å². The van der Waals surface area contributed by atoms with Gasteiger partial charge in [0.05, 0.1) is 5.69 Å². The van der Waals surface area contributed by atoms with E-state index in [0.29, 0.717) is 17.1 Å². The summed E-state index contributed by atoms with van der Waals surface area (Å²) in [4.78, 5) is 6.54. The maximum Gasteiger partial charge on any atom is 0.0795 e. The van der Waals surface area contributed by atoms with Crippen molar-refractivity contribution in [3.05, 3.63) is 71.9 Å². The zero-order valence-electron chi connectivity index (χ0n) is 21.5. The third-order valence-corrected chi connectivity index (χ3v) is 10.2. The quantitative estimate of drug-likeness (QED) is 0.247. The summed E-state index contributed by atoms with van der Waals surface area (Å²) in [7, 11) is 0. The molecular weight excluding hydrogens is 462 g/mol. The first kappa shape index (κ1) is 23.1. The minimum atomic E-state index is 0.0524. The smallest absolute Gasteiger partial charge is 0.0795 e. The number of pyridine rings is 1. The van der Waals surface area contributed by atoms with Crippen LogP contribution in [0.25, 0.3) is 42.2 Å². The van der Waals surface area contributed by atoms with Gasteiger partial charge in [-0.05, 0) is 69.8 Å². The second-order valence-corrected chi connectivity index (χ2v) is 13.9. The molecule has 2 unspecified atom stereocenters. The van der Waals surface area contributed by atoms with Crippen LogP contribution in [0.2, 0.25) is 0 Å². The Morgan fingerprint density at radius 1 is 0.943 bits per heavy atom. The van der Waals surface area contributed by atoms with Gasteiger partial charge >= 0.3 is 0 Å². The van der Waals surface area contributed by atoms with Gasteiger partial charge in [-0.2, -0.15) is 0 Å². The highest BCUT2D eigenvalue weighted by Gasteiger charge is 2.33. The van der Waals surface area contributed by atoms with Crippen molar-refractivity contribution in [2.75, 3.05) is 0 Å². The molecule has 0 spiro atoms. The zero-order valence-corrected chi connectivity index (χ0v) is 23.1. The lowest BCUT2D eigenvalue weighted by Crippen LogP contribution is -2.12. The first-order chi connectivity index (χ1) is 16.7. The number of nitrogens with zero attached hydrogens (tertiary/aromatic N) is 1. The topological polar surface area (TPSA) is 12.9 Å². The third-order valence-electron chi connectivity index (χ3n) is 7.50. The molecule has 3 heteroatoms. The molecule has 0 fully saturated rings. The number of rotatable bonds is 3. The van der Waals surface area contributed by atoms with Crippen molar-refractivity contribution in [3.63, 3.8) is 0 Å². The molecule has 3 aromatic carbocycles. The summed E-state index contributed by atoms with van der Waals surface area (Å²) in [6.07, 6.45) is 3.26. The Morgan fingerprint density at radius 3 is 2.49 bits per heavy atom. The van der Waals surface area contributed by atoms with Gasteiger partial charge in [-0.15, -0.1) is 23.1 Å². The van der Waals surface area contributed by atoms with Crippen LogP contribution in [0.5, 0.6) is 0 Å². The number of benzene rings is 3. The Labute approximate surface area is 217 Å². The Hall–Kier alpha value is -2.36. The number of thiophene rings is 1. The molecule has 0 saturated carbocycles. The van der Waals surface area contributed by atoms with E-state index in [9.17, 15) is 0 Å². The van der Waals surface area contributed by atoms with Gasteiger partial charge in [0.1, 0.15) is 0 Å². The molecule has 6 rings (SSSR count). The fourth-order valence-electron chi connectivity index (χ4n) is 5.73. The van der Waals surface area contributed by atoms with E-state index in [0.717, 1.165) is 5.69 Å². The molecule has 1 aliphatic heterocycles. The van der Waals surface area contributed by atoms with Gasteiger partial charge in [-0.1, -0.05) is 71.9 Å². The summed E-state index contributed by atoms with van der Waals surface area (Å²) in [5.74, 6) is 1.30. The Balaban J connectivity index is 1.64. The molecule has 0 amide bonds. The molecule has 178 valence electrons. The van der Waals surface area contributed by atoms with Crippen LogP contribution >= 0.6 is 23.1 Å². The second kappa shape index (κ2) is 8.35. The molecule has 2 atom stereocenters. The van der Waals surface area contributed by atoms with Crippen LogP contribution < -0.4 is 0 Å². The van der Waals surface area contributed by atoms with E-state index in [-0.39, 0.29) is 5.41 Å². The van der Waals surface area contributed by atoms with Gasteiger partial charge in [0.15, 0.2) is 0 Å². The highest BCUT2D eigenvalue weighted by molar-refractivity contribution is 8.00. The van der Waals surface area contributed by atoms with Gasteiger partial charge < -0.3 is 0 Å². The first-order valence-electron chi connectivity index (χ1n) is 12.8. The molecule has 0 radical (unpaired) electrons. The maximum atomic E-state index is 5.04. The van der Waals surface area contributed by atoms with Crippen molar-refractivity contribution in [2.45, 2.75) is 69.4 Å². The summed E-state index contributed by atoms with van der Waals surface area (Å²) in [6, 6.07) is 20.5. The lowest BCUT2D eigenvalue weighted by Gasteiger charge is -2.23. The van der Waals surface area contributed by atoms with Crippen LogP contribution in [0.1, 0.15) is 65.0 Å². The largest absolute Gasteiger partial charge is 0.256 e. The highest BCUT2D eigenvalue weighted by Crippen LogP contribution is 2.54. The first-order valence-corrected chi connectivity index (χ1v) is 14.5. The Morgan fingerprint density at radius 2 is 1.71 bits per heavy atom. The van der Waals surface area contributed by atoms with Crippen LogP contribution in [-0.4, -0.2) is 10.2 Å². The van der Waals surface area contributed by atoms with E-state index in [1.165, 1.54) is 59.0 Å². The van der Waals surface area contributed by atoms with Crippen LogP contribution in [0.3, 0.4) is 0 Å². The summed E-state index contributed by atoms with van der Waals surface area (Å²) in [5, 5.41) is 6.05. The number of fused-ring (bicyclic) bond motifs is 6. The molecule has 35 heavy (non-hydrogen) atoms. The predicted octanol–water partition coefficient (Wildman–Crippen LogP) is 10.2. The Bertz CT molecular complexity index is 1580. The van der Waals surface area contributed by atoms with E-state index in [2.05, 4.69) is 108 Å². The third kappa shape index (κ3) is 3.79. The van der Waals surface area contributed by atoms with Crippen molar-refractivity contribution in [3.8, 4) is 11.3 Å². The standard InChI is InChI=1S/C32H33NS2/c1-18(2)15-27-19(3)22-11-12-25-29(31(22)35-27)28-26(34-25)13-14-33-30(28)21-16-20-9-7-8-10-23(20)24(17-21)32(4,5)6/h7-14,16-19,27H,15H2,1-6H3. The lowest BCUT2D eigenvalue weighted by molar-refractivity contribution is 0.535. The molecule has 5 aromatic rings. The average Bonchev–Trinajstić information content (AvgIpc) is 3.34. The minimum absolute atomic E-state index is 0.0524. The monoisotopic (exact) mass is 495 g/mol. The van der Waals surface area contributed by atoms with Crippen molar-refractivity contribution in [2.24, 2.45) is 5.92 Å². The Kier molecular flexibility index (Phi) is 5.50. The summed E-state index contributed by atoms with van der Waals surface area (Å²) < 4.78 is 2.72. The van der Waals surface area contributed by atoms with Gasteiger partial charge in [-0.25, -0.2) is 0 Å². The molecule has 0 bridgehead atoms. The normalized spacial score (nSPS) is 18.3. The van der Waals surface area contributed by atoms with Crippen molar-refractivity contribution < 1.29 is 0 Å².